The number of carbonyl (C=O) groups excluding carboxylic acids is 3. The number of nitrogens with one attached hydrogen (secondary N) is 3. The Kier molecular flexibility index (Phi) is 19.9. The van der Waals surface area contributed by atoms with E-state index in [1.807, 2.05) is 188 Å². The first kappa shape index (κ1) is 64.3. The Bertz CT molecular complexity index is 4300. The topological polar surface area (TPSA) is 284 Å². The van der Waals surface area contributed by atoms with Gasteiger partial charge in [0.1, 0.15) is 0 Å². The highest BCUT2D eigenvalue weighted by molar-refractivity contribution is 6.24. The molecule has 0 saturated heterocycles. The van der Waals surface area contributed by atoms with E-state index in [1.165, 1.54) is 0 Å². The summed E-state index contributed by atoms with van der Waals surface area (Å²) in [5.41, 5.74) is 31.3. The molecule has 18 heteroatoms. The van der Waals surface area contributed by atoms with E-state index in [1.54, 1.807) is 54.6 Å². The molecule has 0 saturated carbocycles. The standard InChI is InChI=1S/3C25H24N4O2/c3*1-29(2)15-16-7-6-10-19(13-16)27-23(17-8-4-3-5-9-17)22-20-12-11-18(24(26)30)14-21(20)28-25(22)31/h3*3-14,28,31H,15H2,1-2H3,(H2,26,30). The summed E-state index contributed by atoms with van der Waals surface area (Å²) < 4.78 is 0. The molecule has 0 unspecified atom stereocenters. The molecule has 3 heterocycles. The quantitative estimate of drug-likeness (QED) is 0.0369. The van der Waals surface area contributed by atoms with Gasteiger partial charge in [0.05, 0.1) is 50.9 Å². The number of aliphatic imine (C=N–C) groups is 3. The molecule has 12 N–H and O–H groups in total. The average molecular weight is 1240 g/mol. The van der Waals surface area contributed by atoms with Crippen molar-refractivity contribution in [3.8, 4) is 17.6 Å². The minimum Gasteiger partial charge on any atom is -0.494 e. The van der Waals surface area contributed by atoms with Gasteiger partial charge < -0.3 is 62.2 Å². The summed E-state index contributed by atoms with van der Waals surface area (Å²) in [6.07, 6.45) is 0. The maximum absolute atomic E-state index is 11.6. The molecule has 0 aliphatic carbocycles. The third kappa shape index (κ3) is 15.7. The number of nitrogens with two attached hydrogens (primary N) is 3. The predicted octanol–water partition coefficient (Wildman–Crippen LogP) is 12.6. The number of rotatable bonds is 18. The first-order chi connectivity index (χ1) is 44.8. The molecule has 0 aliphatic heterocycles. The fourth-order valence-electron chi connectivity index (χ4n) is 11.0. The first-order valence-corrected chi connectivity index (χ1v) is 29.8. The lowest BCUT2D eigenvalue weighted by atomic mass is 10.00. The second kappa shape index (κ2) is 28.8. The zero-order chi connectivity index (χ0) is 65.9. The summed E-state index contributed by atoms with van der Waals surface area (Å²) in [7, 11) is 12.1. The van der Waals surface area contributed by atoms with E-state index in [0.717, 1.165) is 86.2 Å². The van der Waals surface area contributed by atoms with Gasteiger partial charge in [0.15, 0.2) is 17.6 Å². The van der Waals surface area contributed by atoms with Crippen molar-refractivity contribution < 1.29 is 29.7 Å². The van der Waals surface area contributed by atoms with Crippen molar-refractivity contribution in [3.05, 3.63) is 285 Å². The third-order valence-corrected chi connectivity index (χ3v) is 15.0. The molecule has 0 atom stereocenters. The van der Waals surface area contributed by atoms with Gasteiger partial charge in [-0.25, -0.2) is 15.0 Å². The average Bonchev–Trinajstić information content (AvgIpc) is 1.67. The number of nitrogens with zero attached hydrogens (tertiary/aromatic N) is 6. The Balaban J connectivity index is 0.000000153. The van der Waals surface area contributed by atoms with Gasteiger partial charge in [-0.1, -0.05) is 146 Å². The first-order valence-electron chi connectivity index (χ1n) is 29.8. The summed E-state index contributed by atoms with van der Waals surface area (Å²) in [4.78, 5) is 64.7. The summed E-state index contributed by atoms with van der Waals surface area (Å²) in [5.74, 6) is -1.59. The van der Waals surface area contributed by atoms with Crippen molar-refractivity contribution in [2.75, 3.05) is 42.3 Å². The van der Waals surface area contributed by atoms with Crippen LogP contribution in [0.25, 0.3) is 32.7 Å². The maximum atomic E-state index is 11.6. The normalized spacial score (nSPS) is 11.9. The fourth-order valence-corrected chi connectivity index (χ4v) is 11.0. The smallest absolute Gasteiger partial charge is 0.248 e. The number of amides is 3. The zero-order valence-electron chi connectivity index (χ0n) is 52.4. The molecular formula is C75H72N12O6. The highest BCUT2D eigenvalue weighted by Gasteiger charge is 2.23. The highest BCUT2D eigenvalue weighted by Crippen LogP contribution is 2.36. The van der Waals surface area contributed by atoms with Crippen LogP contribution in [-0.4, -0.2) is 122 Å². The van der Waals surface area contributed by atoms with Crippen molar-refractivity contribution in [2.24, 2.45) is 32.2 Å². The van der Waals surface area contributed by atoms with Crippen LogP contribution in [-0.2, 0) is 19.6 Å². The number of hydrogen-bond acceptors (Lipinski definition) is 12. The van der Waals surface area contributed by atoms with E-state index in [2.05, 4.69) is 47.9 Å². The molecule has 12 aromatic rings. The molecule has 9 aromatic carbocycles. The van der Waals surface area contributed by atoms with Crippen LogP contribution in [0.4, 0.5) is 17.1 Å². The molecule has 3 amide bonds. The van der Waals surface area contributed by atoms with Crippen molar-refractivity contribution in [1.82, 2.24) is 29.7 Å². The van der Waals surface area contributed by atoms with Crippen molar-refractivity contribution >= 4 is 84.6 Å². The van der Waals surface area contributed by atoms with Crippen molar-refractivity contribution in [1.29, 1.82) is 0 Å². The molecule has 0 aliphatic rings. The largest absolute Gasteiger partial charge is 0.494 e. The number of carbonyl (C=O) groups is 3. The van der Waals surface area contributed by atoms with Gasteiger partial charge in [0.25, 0.3) is 0 Å². The van der Waals surface area contributed by atoms with Gasteiger partial charge in [0, 0.05) is 85.7 Å². The number of aromatic hydroxyl groups is 3. The summed E-state index contributed by atoms with van der Waals surface area (Å²) in [5, 5.41) is 34.6. The second-order valence-corrected chi connectivity index (χ2v) is 23.1. The Morgan fingerprint density at radius 1 is 0.333 bits per heavy atom. The van der Waals surface area contributed by atoms with Gasteiger partial charge in [0.2, 0.25) is 17.7 Å². The van der Waals surface area contributed by atoms with E-state index in [4.69, 9.17) is 32.2 Å². The van der Waals surface area contributed by atoms with Crippen LogP contribution in [0.1, 0.15) is 81.1 Å². The molecule has 18 nitrogen and oxygen atoms in total. The van der Waals surface area contributed by atoms with Gasteiger partial charge in [-0.05, 0) is 132 Å². The van der Waals surface area contributed by atoms with E-state index >= 15 is 0 Å². The lowest BCUT2D eigenvalue weighted by Crippen LogP contribution is -2.10. The summed E-state index contributed by atoms with van der Waals surface area (Å²) >= 11 is 0. The maximum Gasteiger partial charge on any atom is 0.248 e. The minimum atomic E-state index is -0.521. The number of primary amides is 3. The number of hydrogen-bond donors (Lipinski definition) is 9. The van der Waals surface area contributed by atoms with E-state index in [-0.39, 0.29) is 17.6 Å². The van der Waals surface area contributed by atoms with Crippen LogP contribution >= 0.6 is 0 Å². The number of aromatic amines is 3. The molecule has 0 fully saturated rings. The van der Waals surface area contributed by atoms with Gasteiger partial charge >= 0.3 is 0 Å². The molecule has 0 bridgehead atoms. The van der Waals surface area contributed by atoms with Crippen LogP contribution in [0.2, 0.25) is 0 Å². The number of benzene rings is 9. The predicted molar refractivity (Wildman–Crippen MR) is 372 cm³/mol. The number of aromatic nitrogens is 3. The van der Waals surface area contributed by atoms with Gasteiger partial charge in [-0.3, -0.25) is 14.4 Å². The molecule has 0 spiro atoms. The zero-order valence-corrected chi connectivity index (χ0v) is 52.4. The van der Waals surface area contributed by atoms with Gasteiger partial charge in [-0.15, -0.1) is 0 Å². The van der Waals surface area contributed by atoms with Gasteiger partial charge in [-0.2, -0.15) is 0 Å². The van der Waals surface area contributed by atoms with E-state index < -0.39 is 17.7 Å². The fraction of sp³-hybridized carbons (Fsp3) is 0.120. The van der Waals surface area contributed by atoms with Crippen LogP contribution in [0.5, 0.6) is 17.6 Å². The molecule has 93 heavy (non-hydrogen) atoms. The SMILES string of the molecule is CN(C)Cc1cccc(N=C(c2ccccc2)c2c(O)[nH]c3cc(C(N)=O)ccc23)c1.CN(C)Cc1cccc(N=C(c2ccccc2)c2c(O)[nH]c3cc(C(N)=O)ccc23)c1.CN(C)Cc1cccc(N=C(c2ccccc2)c2c(O)[nH]c3cc(C(N)=O)ccc23)c1. The summed E-state index contributed by atoms with van der Waals surface area (Å²) in [6.45, 7) is 2.41. The van der Waals surface area contributed by atoms with E-state index in [0.29, 0.717) is 67.1 Å². The van der Waals surface area contributed by atoms with Crippen LogP contribution in [0.15, 0.2) is 233 Å². The number of fused-ring (bicyclic) bond motifs is 3. The van der Waals surface area contributed by atoms with Crippen molar-refractivity contribution in [2.45, 2.75) is 19.6 Å². The molecule has 0 radical (unpaired) electrons. The highest BCUT2D eigenvalue weighted by atomic mass is 16.3. The Hall–Kier alpha value is -11.7. The monoisotopic (exact) mass is 1240 g/mol. The minimum absolute atomic E-state index is 0.0105. The van der Waals surface area contributed by atoms with Crippen LogP contribution in [0.3, 0.4) is 0 Å². The van der Waals surface area contributed by atoms with Crippen molar-refractivity contribution in [3.63, 3.8) is 0 Å². The van der Waals surface area contributed by atoms with Crippen LogP contribution < -0.4 is 17.2 Å². The van der Waals surface area contributed by atoms with Crippen LogP contribution in [0, 0.1) is 0 Å². The molecule has 12 rings (SSSR count). The molecule has 3 aromatic heterocycles. The number of H-pyrrole nitrogens is 3. The Morgan fingerprint density at radius 3 is 0.828 bits per heavy atom. The second-order valence-electron chi connectivity index (χ2n) is 23.1. The third-order valence-electron chi connectivity index (χ3n) is 15.0. The lowest BCUT2D eigenvalue weighted by molar-refractivity contribution is 0.0992. The van der Waals surface area contributed by atoms with E-state index in [9.17, 15) is 29.7 Å². The Morgan fingerprint density at radius 2 is 0.591 bits per heavy atom. The molecule has 468 valence electrons. The summed E-state index contributed by atoms with van der Waals surface area (Å²) in [6, 6.07) is 68.5. The Labute approximate surface area is 538 Å². The molecular weight excluding hydrogens is 1160 g/mol. The lowest BCUT2D eigenvalue weighted by Gasteiger charge is -2.11.